The monoisotopic (exact) mass is 171 g/mol. The van der Waals surface area contributed by atoms with Gasteiger partial charge in [0.05, 0.1) is 0 Å². The summed E-state index contributed by atoms with van der Waals surface area (Å²) in [5.74, 6) is 0.905. The standard InChI is InChI=1S/C7H14O.C2H6.CHN/c1-4-7(8)5-6(2)3;2*1-2/h6H,4-5H2,1-3H3;1-2H3;1H. The summed E-state index contributed by atoms with van der Waals surface area (Å²) in [6.45, 7) is 13.5. The summed E-state index contributed by atoms with van der Waals surface area (Å²) in [4.78, 5) is 10.6. The molecule has 72 valence electrons. The van der Waals surface area contributed by atoms with Crippen molar-refractivity contribution in [3.05, 3.63) is 0 Å². The number of hydrogen-bond donors (Lipinski definition) is 0. The van der Waals surface area contributed by atoms with Gasteiger partial charge in [-0.15, -0.1) is 0 Å². The van der Waals surface area contributed by atoms with Crippen LogP contribution >= 0.6 is 0 Å². The van der Waals surface area contributed by atoms with E-state index < -0.39 is 0 Å². The van der Waals surface area contributed by atoms with E-state index in [1.165, 1.54) is 0 Å². The first kappa shape index (κ1) is 17.3. The van der Waals surface area contributed by atoms with E-state index in [0.717, 1.165) is 6.42 Å². The van der Waals surface area contributed by atoms with Gasteiger partial charge in [-0.3, -0.25) is 4.79 Å². The van der Waals surface area contributed by atoms with Gasteiger partial charge in [0, 0.05) is 19.4 Å². The molecule has 0 heterocycles. The fourth-order valence-corrected chi connectivity index (χ4v) is 0.600. The van der Waals surface area contributed by atoms with Gasteiger partial charge < -0.3 is 0 Å². The maximum Gasteiger partial charge on any atom is 0.132 e. The lowest BCUT2D eigenvalue weighted by Gasteiger charge is -1.98. The molecule has 12 heavy (non-hydrogen) atoms. The molecule has 0 rings (SSSR count). The first-order chi connectivity index (χ1) is 5.66. The van der Waals surface area contributed by atoms with Crippen LogP contribution < -0.4 is 0 Å². The number of ketones is 1. The molecule has 0 fully saturated rings. The zero-order valence-corrected chi connectivity index (χ0v) is 8.92. The quantitative estimate of drug-likeness (QED) is 0.654. The van der Waals surface area contributed by atoms with Crippen LogP contribution in [-0.2, 0) is 4.79 Å². The van der Waals surface area contributed by atoms with Crippen molar-refractivity contribution in [2.45, 2.75) is 47.5 Å². The van der Waals surface area contributed by atoms with Gasteiger partial charge in [-0.05, 0) is 5.92 Å². The highest BCUT2D eigenvalue weighted by atomic mass is 16.1. The first-order valence-electron chi connectivity index (χ1n) is 4.44. The zero-order chi connectivity index (χ0) is 10.6. The molecule has 0 saturated carbocycles. The number of hydrogen-bond acceptors (Lipinski definition) is 2. The second-order valence-corrected chi connectivity index (χ2v) is 2.49. The lowest BCUT2D eigenvalue weighted by atomic mass is 10.1. The highest BCUT2D eigenvalue weighted by molar-refractivity contribution is 5.78. The topological polar surface area (TPSA) is 40.9 Å². The van der Waals surface area contributed by atoms with Crippen LogP contribution in [0.1, 0.15) is 47.5 Å². The Morgan fingerprint density at radius 1 is 1.33 bits per heavy atom. The molecule has 0 bridgehead atoms. The highest BCUT2D eigenvalue weighted by Crippen LogP contribution is 2.01. The number of carbonyl (C=O) groups is 1. The normalized spacial score (nSPS) is 7.33. The maximum atomic E-state index is 10.6. The first-order valence-corrected chi connectivity index (χ1v) is 4.44. The predicted molar refractivity (Wildman–Crippen MR) is 52.8 cm³/mol. The van der Waals surface area contributed by atoms with Crippen LogP contribution in [0, 0.1) is 17.8 Å². The SMILES string of the molecule is C#N.CC.CCC(=O)CC(C)C. The third kappa shape index (κ3) is 22.9. The van der Waals surface area contributed by atoms with E-state index in [4.69, 9.17) is 5.26 Å². The Bertz CT molecular complexity index is 106. The van der Waals surface area contributed by atoms with E-state index in [1.54, 1.807) is 0 Å². The van der Waals surface area contributed by atoms with Gasteiger partial charge >= 0.3 is 0 Å². The number of rotatable bonds is 3. The van der Waals surface area contributed by atoms with Crippen molar-refractivity contribution >= 4 is 5.78 Å². The van der Waals surface area contributed by atoms with Gasteiger partial charge in [-0.1, -0.05) is 34.6 Å². The third-order valence-corrected chi connectivity index (χ3v) is 1.03. The Morgan fingerprint density at radius 3 is 1.75 bits per heavy atom. The number of nitriles is 1. The van der Waals surface area contributed by atoms with Gasteiger partial charge in [-0.25, -0.2) is 5.26 Å². The van der Waals surface area contributed by atoms with Crippen molar-refractivity contribution in [2.75, 3.05) is 0 Å². The van der Waals surface area contributed by atoms with Crippen LogP contribution in [0.25, 0.3) is 0 Å². The lowest BCUT2D eigenvalue weighted by Crippen LogP contribution is -1.99. The molecule has 0 aliphatic rings. The molecule has 0 unspecified atom stereocenters. The fourth-order valence-electron chi connectivity index (χ4n) is 0.600. The van der Waals surface area contributed by atoms with Crippen molar-refractivity contribution in [1.29, 1.82) is 5.26 Å². The molecule has 0 radical (unpaired) electrons. The Labute approximate surface area is 76.6 Å². The molecule has 0 aliphatic carbocycles. The summed E-state index contributed by atoms with van der Waals surface area (Å²) >= 11 is 0. The van der Waals surface area contributed by atoms with Crippen LogP contribution in [0.3, 0.4) is 0 Å². The van der Waals surface area contributed by atoms with E-state index in [2.05, 4.69) is 20.4 Å². The Balaban J connectivity index is -0.000000175. The number of Topliss-reactive ketones (excluding diaryl/α,β-unsaturated/α-hetero) is 1. The van der Waals surface area contributed by atoms with Gasteiger partial charge in [0.25, 0.3) is 0 Å². The smallest absolute Gasteiger partial charge is 0.132 e. The summed E-state index contributed by atoms with van der Waals surface area (Å²) in [5.41, 5.74) is 0. The van der Waals surface area contributed by atoms with Crippen molar-refractivity contribution in [3.8, 4) is 6.57 Å². The predicted octanol–water partition coefficient (Wildman–Crippen LogP) is 3.18. The summed E-state index contributed by atoms with van der Waals surface area (Å²) < 4.78 is 0. The van der Waals surface area contributed by atoms with E-state index in [1.807, 2.05) is 20.8 Å². The molecule has 0 atom stereocenters. The zero-order valence-electron chi connectivity index (χ0n) is 8.92. The summed E-state index contributed by atoms with van der Waals surface area (Å²) in [6, 6.07) is 0. The molecule has 0 aromatic heterocycles. The maximum absolute atomic E-state index is 10.6. The van der Waals surface area contributed by atoms with Crippen LogP contribution in [0.5, 0.6) is 0 Å². The molecule has 0 aliphatic heterocycles. The molecule has 0 saturated heterocycles. The van der Waals surface area contributed by atoms with Crippen LogP contribution in [0.2, 0.25) is 0 Å². The fraction of sp³-hybridized carbons (Fsp3) is 0.800. The van der Waals surface area contributed by atoms with E-state index in [-0.39, 0.29) is 0 Å². The van der Waals surface area contributed by atoms with Crippen LogP contribution in [-0.4, -0.2) is 5.78 Å². The van der Waals surface area contributed by atoms with Gasteiger partial charge in [0.1, 0.15) is 5.78 Å². The molecular formula is C10H21NO. The minimum absolute atomic E-state index is 0.375. The molecular weight excluding hydrogens is 150 g/mol. The van der Waals surface area contributed by atoms with E-state index in [0.29, 0.717) is 18.1 Å². The molecule has 0 aromatic rings. The Hall–Kier alpha value is -0.840. The Kier molecular flexibility index (Phi) is 24.0. The third-order valence-electron chi connectivity index (χ3n) is 1.03. The van der Waals surface area contributed by atoms with E-state index in [9.17, 15) is 4.79 Å². The molecule has 0 spiro atoms. The molecule has 2 heteroatoms. The summed E-state index contributed by atoms with van der Waals surface area (Å²) in [5, 5.41) is 6.50. The lowest BCUT2D eigenvalue weighted by molar-refractivity contribution is -0.119. The van der Waals surface area contributed by atoms with Gasteiger partial charge in [0.2, 0.25) is 0 Å². The van der Waals surface area contributed by atoms with Crippen LogP contribution in [0.15, 0.2) is 0 Å². The van der Waals surface area contributed by atoms with Gasteiger partial charge in [-0.2, -0.15) is 0 Å². The second kappa shape index (κ2) is 16.6. The molecule has 2 nitrogen and oxygen atoms in total. The largest absolute Gasteiger partial charge is 0.300 e. The van der Waals surface area contributed by atoms with Crippen molar-refractivity contribution in [2.24, 2.45) is 5.92 Å². The molecule has 0 amide bonds. The average Bonchev–Trinajstić information content (AvgIpc) is 2.10. The Morgan fingerprint density at radius 2 is 1.67 bits per heavy atom. The minimum Gasteiger partial charge on any atom is -0.300 e. The minimum atomic E-state index is 0.375. The number of carbonyl (C=O) groups excluding carboxylic acids is 1. The van der Waals surface area contributed by atoms with Crippen molar-refractivity contribution < 1.29 is 4.79 Å². The van der Waals surface area contributed by atoms with E-state index >= 15 is 0 Å². The summed E-state index contributed by atoms with van der Waals surface area (Å²) in [7, 11) is 0. The number of nitrogens with zero attached hydrogens (tertiary/aromatic N) is 1. The van der Waals surface area contributed by atoms with Crippen molar-refractivity contribution in [1.82, 2.24) is 0 Å². The van der Waals surface area contributed by atoms with Crippen molar-refractivity contribution in [3.63, 3.8) is 0 Å². The highest BCUT2D eigenvalue weighted by Gasteiger charge is 1.99. The molecule has 0 aromatic carbocycles. The average molecular weight is 171 g/mol. The summed E-state index contributed by atoms with van der Waals surface area (Å²) in [6.07, 6.45) is 1.44. The molecule has 0 N–H and O–H groups in total. The van der Waals surface area contributed by atoms with Crippen LogP contribution in [0.4, 0.5) is 0 Å². The van der Waals surface area contributed by atoms with Gasteiger partial charge in [0.15, 0.2) is 0 Å². The second-order valence-electron chi connectivity index (χ2n) is 2.49.